The van der Waals surface area contributed by atoms with Crippen LogP contribution in [0.15, 0.2) is 54.7 Å². The van der Waals surface area contributed by atoms with Crippen molar-refractivity contribution >= 4 is 40.0 Å². The Morgan fingerprint density at radius 3 is 2.81 bits per heavy atom. The van der Waals surface area contributed by atoms with Gasteiger partial charge in [-0.15, -0.1) is 0 Å². The second-order valence-electron chi connectivity index (χ2n) is 7.83. The average Bonchev–Trinajstić information content (AvgIpc) is 3.37. The Balaban J connectivity index is 1.56. The number of carbonyl (C=O) groups is 1. The van der Waals surface area contributed by atoms with E-state index in [1.807, 2.05) is 54.3 Å². The van der Waals surface area contributed by atoms with Crippen LogP contribution in [0.2, 0.25) is 10.0 Å². The van der Waals surface area contributed by atoms with Gasteiger partial charge in [-0.3, -0.25) is 9.48 Å². The number of amides is 1. The van der Waals surface area contributed by atoms with Crippen LogP contribution in [0.3, 0.4) is 0 Å². The molecule has 0 N–H and O–H groups in total. The van der Waals surface area contributed by atoms with Gasteiger partial charge < -0.3 is 4.90 Å². The lowest BCUT2D eigenvalue weighted by atomic mass is 10.0. The molecule has 0 spiro atoms. The van der Waals surface area contributed by atoms with Crippen LogP contribution in [0.5, 0.6) is 0 Å². The fourth-order valence-corrected chi connectivity index (χ4v) is 4.53. The second-order valence-corrected chi connectivity index (χ2v) is 8.70. The minimum atomic E-state index is -0.0871. The molecule has 2 aromatic heterocycles. The molecule has 0 atom stereocenters. The predicted octanol–water partition coefficient (Wildman–Crippen LogP) is 5.62. The highest BCUT2D eigenvalue weighted by Gasteiger charge is 2.22. The zero-order valence-corrected chi connectivity index (χ0v) is 18.5. The van der Waals surface area contributed by atoms with Gasteiger partial charge >= 0.3 is 0 Å². The van der Waals surface area contributed by atoms with Crippen molar-refractivity contribution in [2.24, 2.45) is 0 Å². The Labute approximate surface area is 190 Å². The molecule has 31 heavy (non-hydrogen) atoms. The van der Waals surface area contributed by atoms with Crippen LogP contribution in [0.25, 0.3) is 22.2 Å². The maximum Gasteiger partial charge on any atom is 0.254 e. The molecule has 1 aliphatic heterocycles. The molecule has 3 heterocycles. The van der Waals surface area contributed by atoms with Gasteiger partial charge in [0.15, 0.2) is 0 Å². The van der Waals surface area contributed by atoms with E-state index in [4.69, 9.17) is 28.2 Å². The van der Waals surface area contributed by atoms with Crippen LogP contribution in [0, 0.1) is 0 Å². The summed E-state index contributed by atoms with van der Waals surface area (Å²) in [5, 5.41) is 6.36. The molecule has 0 saturated carbocycles. The van der Waals surface area contributed by atoms with Crippen LogP contribution in [-0.2, 0) is 19.5 Å². The van der Waals surface area contributed by atoms with Crippen molar-refractivity contribution in [2.75, 3.05) is 7.05 Å². The van der Waals surface area contributed by atoms with Gasteiger partial charge in [0.1, 0.15) is 0 Å². The van der Waals surface area contributed by atoms with E-state index in [9.17, 15) is 4.79 Å². The van der Waals surface area contributed by atoms with E-state index in [-0.39, 0.29) is 5.91 Å². The summed E-state index contributed by atoms with van der Waals surface area (Å²) in [7, 11) is 1.82. The van der Waals surface area contributed by atoms with E-state index in [0.29, 0.717) is 33.4 Å². The first-order valence-electron chi connectivity index (χ1n) is 10.1. The van der Waals surface area contributed by atoms with Gasteiger partial charge in [-0.05, 0) is 49.2 Å². The van der Waals surface area contributed by atoms with Crippen LogP contribution in [0.1, 0.15) is 28.0 Å². The number of halogens is 2. The van der Waals surface area contributed by atoms with Crippen molar-refractivity contribution < 1.29 is 4.79 Å². The Morgan fingerprint density at radius 2 is 1.97 bits per heavy atom. The monoisotopic (exact) mass is 450 g/mol. The topological polar surface area (TPSA) is 51.0 Å². The van der Waals surface area contributed by atoms with Gasteiger partial charge in [0.25, 0.3) is 5.91 Å². The zero-order chi connectivity index (χ0) is 21.5. The highest BCUT2D eigenvalue weighted by Crippen LogP contribution is 2.29. The molecule has 0 bridgehead atoms. The van der Waals surface area contributed by atoms with Gasteiger partial charge in [-0.25, -0.2) is 4.98 Å². The zero-order valence-electron chi connectivity index (χ0n) is 17.0. The maximum atomic E-state index is 13.5. The normalized spacial score (nSPS) is 12.9. The highest BCUT2D eigenvalue weighted by atomic mass is 35.5. The Kier molecular flexibility index (Phi) is 5.16. The summed E-state index contributed by atoms with van der Waals surface area (Å²) in [6.07, 6.45) is 3.98. The summed E-state index contributed by atoms with van der Waals surface area (Å²) in [4.78, 5) is 20.0. The van der Waals surface area contributed by atoms with Crippen molar-refractivity contribution in [3.63, 3.8) is 0 Å². The molecule has 4 aromatic rings. The quantitative estimate of drug-likeness (QED) is 0.405. The molecule has 0 aliphatic carbocycles. The summed E-state index contributed by atoms with van der Waals surface area (Å²) in [6, 6.07) is 14.7. The summed E-state index contributed by atoms with van der Waals surface area (Å²) < 4.78 is 2.03. The average molecular weight is 451 g/mol. The number of hydrogen-bond donors (Lipinski definition) is 0. The third kappa shape index (κ3) is 3.80. The number of fused-ring (bicyclic) bond motifs is 2. The fourth-order valence-electron chi connectivity index (χ4n) is 4.16. The molecule has 5 nitrogen and oxygen atoms in total. The number of pyridine rings is 1. The largest absolute Gasteiger partial charge is 0.337 e. The van der Waals surface area contributed by atoms with Crippen LogP contribution in [-0.4, -0.2) is 32.6 Å². The van der Waals surface area contributed by atoms with Crippen LogP contribution >= 0.6 is 23.2 Å². The lowest BCUT2D eigenvalue weighted by Gasteiger charge is -2.19. The second kappa shape index (κ2) is 7.98. The molecule has 156 valence electrons. The van der Waals surface area contributed by atoms with Gasteiger partial charge in [0, 0.05) is 52.4 Å². The predicted molar refractivity (Wildman–Crippen MR) is 124 cm³/mol. The fraction of sp³-hybridized carbons (Fsp3) is 0.208. The van der Waals surface area contributed by atoms with Crippen molar-refractivity contribution in [2.45, 2.75) is 25.9 Å². The van der Waals surface area contributed by atoms with Crippen LogP contribution < -0.4 is 0 Å². The first-order valence-corrected chi connectivity index (χ1v) is 10.9. The van der Waals surface area contributed by atoms with Gasteiger partial charge in [-0.1, -0.05) is 35.3 Å². The van der Waals surface area contributed by atoms with E-state index in [1.54, 1.807) is 17.0 Å². The number of nitrogens with zero attached hydrogens (tertiary/aromatic N) is 4. The number of carbonyl (C=O) groups excluding carboxylic acids is 1. The molecular formula is C24H20Cl2N4O. The van der Waals surface area contributed by atoms with E-state index >= 15 is 0 Å². The molecule has 7 heteroatoms. The number of aromatic nitrogens is 3. The first-order chi connectivity index (χ1) is 15.0. The Morgan fingerprint density at radius 1 is 1.13 bits per heavy atom. The summed E-state index contributed by atoms with van der Waals surface area (Å²) in [5.41, 5.74) is 5.15. The molecule has 1 amide bonds. The molecule has 0 fully saturated rings. The SMILES string of the molecule is CN(Cc1cnn2c1CCC2)C(=O)c1cc(-c2cccc(Cl)c2)nc2ccc(Cl)cc12. The van der Waals surface area contributed by atoms with E-state index in [0.717, 1.165) is 35.9 Å². The summed E-state index contributed by atoms with van der Waals surface area (Å²) in [5.74, 6) is -0.0871. The summed E-state index contributed by atoms with van der Waals surface area (Å²) in [6.45, 7) is 1.45. The molecule has 1 aliphatic rings. The number of hydrogen-bond acceptors (Lipinski definition) is 3. The maximum absolute atomic E-state index is 13.5. The number of rotatable bonds is 4. The van der Waals surface area contributed by atoms with Gasteiger partial charge in [0.2, 0.25) is 0 Å². The van der Waals surface area contributed by atoms with Crippen molar-refractivity contribution in [3.8, 4) is 11.3 Å². The van der Waals surface area contributed by atoms with E-state index < -0.39 is 0 Å². The molecule has 0 saturated heterocycles. The van der Waals surface area contributed by atoms with Crippen LogP contribution in [0.4, 0.5) is 0 Å². The minimum absolute atomic E-state index is 0.0871. The molecule has 2 aromatic carbocycles. The first kappa shape index (κ1) is 20.0. The Bertz CT molecular complexity index is 1310. The van der Waals surface area contributed by atoms with E-state index in [1.165, 1.54) is 5.69 Å². The van der Waals surface area contributed by atoms with Gasteiger partial charge in [0.05, 0.1) is 23.0 Å². The number of benzene rings is 2. The highest BCUT2D eigenvalue weighted by molar-refractivity contribution is 6.31. The molecule has 5 rings (SSSR count). The smallest absolute Gasteiger partial charge is 0.254 e. The van der Waals surface area contributed by atoms with E-state index in [2.05, 4.69) is 5.10 Å². The minimum Gasteiger partial charge on any atom is -0.337 e. The Hall–Kier alpha value is -2.89. The molecule has 0 unspecified atom stereocenters. The van der Waals surface area contributed by atoms with Crippen molar-refractivity contribution in [1.82, 2.24) is 19.7 Å². The third-order valence-electron chi connectivity index (χ3n) is 5.69. The number of aryl methyl sites for hydroxylation is 1. The standard InChI is InChI=1S/C24H20Cl2N4O/c1-29(14-16-13-27-30-9-3-6-23(16)30)24(31)20-12-22(15-4-2-5-17(25)10-15)28-21-8-7-18(26)11-19(20)21/h2,4-5,7-8,10-13H,3,6,9,14H2,1H3. The molecular weight excluding hydrogens is 431 g/mol. The lowest BCUT2D eigenvalue weighted by molar-refractivity contribution is 0.0787. The lowest BCUT2D eigenvalue weighted by Crippen LogP contribution is -2.27. The third-order valence-corrected chi connectivity index (χ3v) is 6.16. The van der Waals surface area contributed by atoms with Gasteiger partial charge in [-0.2, -0.15) is 5.10 Å². The van der Waals surface area contributed by atoms with Crippen molar-refractivity contribution in [3.05, 3.63) is 81.6 Å². The molecule has 0 radical (unpaired) electrons. The van der Waals surface area contributed by atoms with Crippen molar-refractivity contribution in [1.29, 1.82) is 0 Å². The summed E-state index contributed by atoms with van der Waals surface area (Å²) >= 11 is 12.4.